The molecule has 94 valence electrons. The molecule has 0 saturated carbocycles. The van der Waals surface area contributed by atoms with Crippen LogP contribution in [-0.4, -0.2) is 15.7 Å². The Morgan fingerprint density at radius 1 is 1.21 bits per heavy atom. The van der Waals surface area contributed by atoms with Crippen LogP contribution in [0.25, 0.3) is 21.3 Å². The summed E-state index contributed by atoms with van der Waals surface area (Å²) in [7, 11) is 0. The van der Waals surface area contributed by atoms with Gasteiger partial charge in [-0.15, -0.1) is 29.7 Å². The van der Waals surface area contributed by atoms with Gasteiger partial charge in [0.25, 0.3) is 0 Å². The lowest BCUT2D eigenvalue weighted by Gasteiger charge is -2.03. The zero-order chi connectivity index (χ0) is 13.1. The molecule has 0 saturated heterocycles. The molecule has 0 aliphatic carbocycles. The molecule has 0 aliphatic heterocycles. The van der Waals surface area contributed by atoms with Crippen LogP contribution in [-0.2, 0) is 0 Å². The quantitative estimate of drug-likeness (QED) is 0.396. The fourth-order valence-electron chi connectivity index (χ4n) is 1.93. The van der Waals surface area contributed by atoms with Gasteiger partial charge in [0.05, 0.1) is 5.39 Å². The van der Waals surface area contributed by atoms with Gasteiger partial charge < -0.3 is 0 Å². The van der Waals surface area contributed by atoms with Crippen molar-refractivity contribution >= 4 is 33.3 Å². The van der Waals surface area contributed by atoms with Gasteiger partial charge in [0.1, 0.15) is 16.2 Å². The van der Waals surface area contributed by atoms with Crippen LogP contribution in [0.5, 0.6) is 0 Å². The van der Waals surface area contributed by atoms with Crippen LogP contribution in [0, 0.1) is 0 Å². The van der Waals surface area contributed by atoms with E-state index in [4.69, 9.17) is 0 Å². The number of nitrogens with zero attached hydrogens (tertiary/aromatic N) is 2. The third-order valence-electron chi connectivity index (χ3n) is 2.76. The van der Waals surface area contributed by atoms with E-state index in [1.807, 2.05) is 12.1 Å². The first-order valence-corrected chi connectivity index (χ1v) is 7.78. The Morgan fingerprint density at radius 3 is 2.84 bits per heavy atom. The molecule has 2 heterocycles. The highest BCUT2D eigenvalue weighted by Crippen LogP contribution is 2.37. The Kier molecular flexibility index (Phi) is 3.62. The van der Waals surface area contributed by atoms with Crippen molar-refractivity contribution in [1.29, 1.82) is 0 Å². The van der Waals surface area contributed by atoms with E-state index in [-0.39, 0.29) is 0 Å². The fourth-order valence-corrected chi connectivity index (χ4v) is 3.65. The first-order valence-electron chi connectivity index (χ1n) is 5.91. The highest BCUT2D eigenvalue weighted by molar-refractivity contribution is 7.99. The van der Waals surface area contributed by atoms with Gasteiger partial charge in [-0.05, 0) is 5.56 Å². The van der Waals surface area contributed by atoms with Crippen LogP contribution in [0.15, 0.2) is 59.7 Å². The zero-order valence-corrected chi connectivity index (χ0v) is 11.9. The molecule has 0 N–H and O–H groups in total. The van der Waals surface area contributed by atoms with Gasteiger partial charge >= 0.3 is 0 Å². The van der Waals surface area contributed by atoms with Crippen LogP contribution < -0.4 is 0 Å². The van der Waals surface area contributed by atoms with Crippen molar-refractivity contribution < 1.29 is 0 Å². The minimum absolute atomic E-state index is 0.857. The molecule has 3 aromatic rings. The number of aromatic nitrogens is 2. The smallest absolute Gasteiger partial charge is 0.128 e. The maximum Gasteiger partial charge on any atom is 0.128 e. The third kappa shape index (κ3) is 2.41. The molecule has 0 radical (unpaired) electrons. The molecule has 1 aromatic carbocycles. The normalized spacial score (nSPS) is 10.7. The molecule has 0 aliphatic rings. The lowest BCUT2D eigenvalue weighted by atomic mass is 10.1. The van der Waals surface area contributed by atoms with E-state index >= 15 is 0 Å². The average Bonchev–Trinajstić information content (AvgIpc) is 2.90. The third-order valence-corrected chi connectivity index (χ3v) is 4.63. The van der Waals surface area contributed by atoms with E-state index < -0.39 is 0 Å². The van der Waals surface area contributed by atoms with Crippen molar-refractivity contribution in [3.05, 3.63) is 54.7 Å². The number of hydrogen-bond donors (Lipinski definition) is 0. The summed E-state index contributed by atoms with van der Waals surface area (Å²) in [5.74, 6) is 0.857. The van der Waals surface area contributed by atoms with Crippen molar-refractivity contribution in [2.45, 2.75) is 5.03 Å². The van der Waals surface area contributed by atoms with E-state index in [1.54, 1.807) is 29.4 Å². The van der Waals surface area contributed by atoms with Gasteiger partial charge in [0.2, 0.25) is 0 Å². The van der Waals surface area contributed by atoms with E-state index in [1.165, 1.54) is 11.1 Å². The molecule has 2 nitrogen and oxygen atoms in total. The second-order valence-corrected chi connectivity index (χ2v) is 5.84. The van der Waals surface area contributed by atoms with Crippen molar-refractivity contribution in [2.24, 2.45) is 0 Å². The second-order valence-electron chi connectivity index (χ2n) is 3.97. The zero-order valence-electron chi connectivity index (χ0n) is 10.2. The number of thioether (sulfide) groups is 1. The van der Waals surface area contributed by atoms with Crippen molar-refractivity contribution in [3.8, 4) is 11.1 Å². The Balaban J connectivity index is 2.18. The van der Waals surface area contributed by atoms with Gasteiger partial charge in [-0.1, -0.05) is 36.4 Å². The molecular weight excluding hydrogens is 272 g/mol. The Hall–Kier alpha value is -1.65. The minimum atomic E-state index is 0.857. The van der Waals surface area contributed by atoms with Gasteiger partial charge in [-0.3, -0.25) is 0 Å². The molecule has 2 aromatic heterocycles. The Labute approximate surface area is 120 Å². The number of rotatable bonds is 4. The van der Waals surface area contributed by atoms with Crippen molar-refractivity contribution in [1.82, 2.24) is 9.97 Å². The number of fused-ring (bicyclic) bond motifs is 1. The molecule has 3 rings (SSSR count). The summed E-state index contributed by atoms with van der Waals surface area (Å²) in [5.41, 5.74) is 2.43. The van der Waals surface area contributed by atoms with E-state index in [9.17, 15) is 0 Å². The largest absolute Gasteiger partial charge is 0.229 e. The maximum atomic E-state index is 4.41. The molecule has 0 amide bonds. The summed E-state index contributed by atoms with van der Waals surface area (Å²) in [6.45, 7) is 3.76. The predicted molar refractivity (Wildman–Crippen MR) is 83.8 cm³/mol. The van der Waals surface area contributed by atoms with Gasteiger partial charge in [0.15, 0.2) is 0 Å². The van der Waals surface area contributed by atoms with E-state index in [2.05, 4.69) is 46.2 Å². The van der Waals surface area contributed by atoms with Crippen LogP contribution in [0.1, 0.15) is 0 Å². The average molecular weight is 284 g/mol. The molecule has 0 fully saturated rings. The summed E-state index contributed by atoms with van der Waals surface area (Å²) >= 11 is 3.37. The van der Waals surface area contributed by atoms with Crippen LogP contribution in [0.3, 0.4) is 0 Å². The molecule has 19 heavy (non-hydrogen) atoms. The van der Waals surface area contributed by atoms with Gasteiger partial charge in [-0.25, -0.2) is 9.97 Å². The Morgan fingerprint density at radius 2 is 2.05 bits per heavy atom. The molecule has 0 unspecified atom stereocenters. The summed E-state index contributed by atoms with van der Waals surface area (Å²) in [6, 6.07) is 10.4. The second kappa shape index (κ2) is 5.55. The van der Waals surface area contributed by atoms with E-state index in [0.717, 1.165) is 21.0 Å². The monoisotopic (exact) mass is 284 g/mol. The summed E-state index contributed by atoms with van der Waals surface area (Å²) in [5, 5.41) is 4.35. The van der Waals surface area contributed by atoms with Gasteiger partial charge in [-0.2, -0.15) is 0 Å². The van der Waals surface area contributed by atoms with E-state index in [0.29, 0.717) is 0 Å². The predicted octanol–water partition coefficient (Wildman–Crippen LogP) is 4.64. The van der Waals surface area contributed by atoms with Gasteiger partial charge in [0, 0.05) is 16.7 Å². The summed E-state index contributed by atoms with van der Waals surface area (Å²) in [4.78, 5) is 9.82. The standard InChI is InChI=1S/C15H12N2S2/c1-2-8-18-14-13-12(11-6-4-3-5-7-11)9-19-15(13)17-10-16-14/h2-7,9-10H,1,8H2. The summed E-state index contributed by atoms with van der Waals surface area (Å²) < 4.78 is 0. The van der Waals surface area contributed by atoms with Crippen molar-refractivity contribution in [3.63, 3.8) is 0 Å². The molecule has 4 heteroatoms. The first kappa shape index (κ1) is 12.4. The molecule has 0 spiro atoms. The highest BCUT2D eigenvalue weighted by Gasteiger charge is 2.12. The summed E-state index contributed by atoms with van der Waals surface area (Å²) in [6.07, 6.45) is 3.53. The van der Waals surface area contributed by atoms with Crippen LogP contribution in [0.2, 0.25) is 0 Å². The SMILES string of the molecule is C=CCSc1ncnc2scc(-c3ccccc3)c12. The molecular formula is C15H12N2S2. The topological polar surface area (TPSA) is 25.8 Å². The number of benzene rings is 1. The number of hydrogen-bond acceptors (Lipinski definition) is 4. The van der Waals surface area contributed by atoms with Crippen LogP contribution >= 0.6 is 23.1 Å². The molecule has 0 bridgehead atoms. The highest BCUT2D eigenvalue weighted by atomic mass is 32.2. The van der Waals surface area contributed by atoms with Crippen LogP contribution in [0.4, 0.5) is 0 Å². The lowest BCUT2D eigenvalue weighted by Crippen LogP contribution is -1.86. The fraction of sp³-hybridized carbons (Fsp3) is 0.0667. The molecule has 0 atom stereocenters. The number of thiophene rings is 1. The van der Waals surface area contributed by atoms with Crippen molar-refractivity contribution in [2.75, 3.05) is 5.75 Å². The lowest BCUT2D eigenvalue weighted by molar-refractivity contribution is 1.11. The first-order chi connectivity index (χ1) is 9.40. The Bertz CT molecular complexity index is 704. The maximum absolute atomic E-state index is 4.41. The minimum Gasteiger partial charge on any atom is -0.229 e.